The molecule has 0 bridgehead atoms. The average Bonchev–Trinajstić information content (AvgIpc) is 3.57. The summed E-state index contributed by atoms with van der Waals surface area (Å²) >= 11 is 1.31. The molecule has 0 saturated heterocycles. The third kappa shape index (κ3) is 5.41. The molecule has 2 aromatic carbocycles. The lowest BCUT2D eigenvalue weighted by atomic mass is 9.97. The van der Waals surface area contributed by atoms with Crippen LogP contribution in [0.3, 0.4) is 0 Å². The van der Waals surface area contributed by atoms with Gasteiger partial charge >= 0.3 is 0 Å². The van der Waals surface area contributed by atoms with Crippen LogP contribution in [-0.4, -0.2) is 61.4 Å². The minimum atomic E-state index is -0.505. The van der Waals surface area contributed by atoms with Gasteiger partial charge in [0, 0.05) is 31.2 Å². The van der Waals surface area contributed by atoms with E-state index in [-0.39, 0.29) is 31.5 Å². The molecule has 182 valence electrons. The molecule has 2 heterocycles. The highest BCUT2D eigenvalue weighted by atomic mass is 32.1. The van der Waals surface area contributed by atoms with E-state index in [9.17, 15) is 14.0 Å². The number of para-hydroxylation sites is 1. The summed E-state index contributed by atoms with van der Waals surface area (Å²) in [4.78, 5) is 28.6. The van der Waals surface area contributed by atoms with Gasteiger partial charge in [-0.05, 0) is 23.6 Å². The molecule has 0 N–H and O–H groups in total. The van der Waals surface area contributed by atoms with Gasteiger partial charge in [0.15, 0.2) is 0 Å². The lowest BCUT2D eigenvalue weighted by molar-refractivity contribution is -0.133. The highest BCUT2D eigenvalue weighted by Crippen LogP contribution is 2.37. The smallest absolute Gasteiger partial charge is 0.264 e. The van der Waals surface area contributed by atoms with Crippen molar-refractivity contribution < 1.29 is 23.5 Å². The Hall–Kier alpha value is -3.56. The molecule has 1 aliphatic rings. The van der Waals surface area contributed by atoms with Crippen molar-refractivity contribution in [3.05, 3.63) is 87.9 Å². The van der Waals surface area contributed by atoms with Crippen LogP contribution in [0.2, 0.25) is 0 Å². The zero-order chi connectivity index (χ0) is 24.8. The molecule has 35 heavy (non-hydrogen) atoms. The number of hydrazone groups is 1. The maximum Gasteiger partial charge on any atom is 0.264 e. The minimum Gasteiger partial charge on any atom is -0.496 e. The van der Waals surface area contributed by atoms with E-state index >= 15 is 0 Å². The standard InChI is InChI=1S/C26H26FN3O4S/c1-33-14-13-29(26(32)24-12-7-15-35-24)17-25(31)30-22(19-9-4-6-11-23(19)34-2)16-21(28-30)18-8-3-5-10-20(18)27/h3-12,15,22H,13-14,16-17H2,1-2H3. The Morgan fingerprint density at radius 3 is 2.60 bits per heavy atom. The number of rotatable bonds is 9. The van der Waals surface area contributed by atoms with Gasteiger partial charge < -0.3 is 14.4 Å². The van der Waals surface area contributed by atoms with Crippen molar-refractivity contribution in [1.29, 1.82) is 0 Å². The van der Waals surface area contributed by atoms with E-state index in [1.165, 1.54) is 27.3 Å². The van der Waals surface area contributed by atoms with Crippen molar-refractivity contribution in [3.8, 4) is 5.75 Å². The van der Waals surface area contributed by atoms with Gasteiger partial charge in [-0.3, -0.25) is 9.59 Å². The van der Waals surface area contributed by atoms with E-state index in [2.05, 4.69) is 5.10 Å². The van der Waals surface area contributed by atoms with Crippen molar-refractivity contribution in [2.45, 2.75) is 12.5 Å². The predicted molar refractivity (Wildman–Crippen MR) is 132 cm³/mol. The molecule has 1 unspecified atom stereocenters. The van der Waals surface area contributed by atoms with E-state index in [4.69, 9.17) is 9.47 Å². The summed E-state index contributed by atoms with van der Waals surface area (Å²) in [6, 6.07) is 16.7. The van der Waals surface area contributed by atoms with Gasteiger partial charge in [0.05, 0.1) is 30.3 Å². The summed E-state index contributed by atoms with van der Waals surface area (Å²) in [5, 5.41) is 7.71. The number of nitrogens with zero attached hydrogens (tertiary/aromatic N) is 3. The monoisotopic (exact) mass is 495 g/mol. The largest absolute Gasteiger partial charge is 0.496 e. The Bertz CT molecular complexity index is 1210. The van der Waals surface area contributed by atoms with Crippen LogP contribution in [0.1, 0.15) is 33.3 Å². The first-order chi connectivity index (χ1) is 17.0. The Labute approximate surface area is 207 Å². The van der Waals surface area contributed by atoms with Crippen molar-refractivity contribution in [1.82, 2.24) is 9.91 Å². The van der Waals surface area contributed by atoms with E-state index < -0.39 is 11.9 Å². The van der Waals surface area contributed by atoms with E-state index in [0.29, 0.717) is 28.3 Å². The van der Waals surface area contributed by atoms with Gasteiger partial charge in [0.25, 0.3) is 11.8 Å². The number of hydrogen-bond acceptors (Lipinski definition) is 6. The molecule has 0 fully saturated rings. The molecule has 3 aromatic rings. The number of amides is 2. The fourth-order valence-corrected chi connectivity index (χ4v) is 4.72. The van der Waals surface area contributed by atoms with Crippen LogP contribution >= 0.6 is 11.3 Å². The normalized spacial score (nSPS) is 15.1. The summed E-state index contributed by atoms with van der Waals surface area (Å²) in [7, 11) is 3.10. The van der Waals surface area contributed by atoms with Crippen LogP contribution in [0.25, 0.3) is 0 Å². The Morgan fingerprint density at radius 1 is 1.11 bits per heavy atom. The molecule has 4 rings (SSSR count). The van der Waals surface area contributed by atoms with Crippen molar-refractivity contribution in [2.75, 3.05) is 33.9 Å². The van der Waals surface area contributed by atoms with Crippen LogP contribution in [0.15, 0.2) is 71.1 Å². The first kappa shape index (κ1) is 24.6. The molecule has 1 atom stereocenters. The minimum absolute atomic E-state index is 0.195. The van der Waals surface area contributed by atoms with Crippen LogP contribution in [0.5, 0.6) is 5.75 Å². The summed E-state index contributed by atoms with van der Waals surface area (Å²) in [5.74, 6) is -0.440. The van der Waals surface area contributed by atoms with E-state index in [0.717, 1.165) is 5.56 Å². The SMILES string of the molecule is COCCN(CC(=O)N1N=C(c2ccccc2F)CC1c1ccccc1OC)C(=O)c1cccs1. The molecular formula is C26H26FN3O4S. The number of thiophene rings is 1. The van der Waals surface area contributed by atoms with Gasteiger partial charge in [-0.2, -0.15) is 5.10 Å². The number of carbonyl (C=O) groups excluding carboxylic acids is 2. The number of benzene rings is 2. The molecule has 9 heteroatoms. The molecule has 0 aliphatic carbocycles. The summed E-state index contributed by atoms with van der Waals surface area (Å²) < 4.78 is 25.3. The van der Waals surface area contributed by atoms with Gasteiger partial charge in [-0.1, -0.05) is 42.5 Å². The Kier molecular flexibility index (Phi) is 7.89. The second kappa shape index (κ2) is 11.2. The van der Waals surface area contributed by atoms with E-state index in [1.54, 1.807) is 44.6 Å². The number of carbonyl (C=O) groups is 2. The van der Waals surface area contributed by atoms with Gasteiger partial charge in [0.1, 0.15) is 18.1 Å². The third-order valence-electron chi connectivity index (χ3n) is 5.76. The number of hydrogen-bond donors (Lipinski definition) is 0. The first-order valence-electron chi connectivity index (χ1n) is 11.1. The molecule has 0 saturated carbocycles. The second-order valence-corrected chi connectivity index (χ2v) is 8.87. The maximum absolute atomic E-state index is 14.6. The van der Waals surface area contributed by atoms with Crippen LogP contribution in [0.4, 0.5) is 4.39 Å². The third-order valence-corrected chi connectivity index (χ3v) is 6.62. The maximum atomic E-state index is 14.6. The van der Waals surface area contributed by atoms with Crippen molar-refractivity contribution >= 4 is 28.9 Å². The first-order valence-corrected chi connectivity index (χ1v) is 12.0. The molecule has 1 aliphatic heterocycles. The van der Waals surface area contributed by atoms with Crippen LogP contribution in [0, 0.1) is 5.82 Å². The topological polar surface area (TPSA) is 71.4 Å². The zero-order valence-electron chi connectivity index (χ0n) is 19.5. The lowest BCUT2D eigenvalue weighted by Gasteiger charge is -2.27. The highest BCUT2D eigenvalue weighted by molar-refractivity contribution is 7.12. The second-order valence-electron chi connectivity index (χ2n) is 7.92. The zero-order valence-corrected chi connectivity index (χ0v) is 20.3. The summed E-state index contributed by atoms with van der Waals surface area (Å²) in [6.45, 7) is 0.333. The number of methoxy groups -OCH3 is 2. The fourth-order valence-electron chi connectivity index (χ4n) is 4.03. The molecule has 0 spiro atoms. The molecule has 1 aromatic heterocycles. The quantitative estimate of drug-likeness (QED) is 0.442. The van der Waals surface area contributed by atoms with Gasteiger partial charge in [0.2, 0.25) is 0 Å². The highest BCUT2D eigenvalue weighted by Gasteiger charge is 2.36. The van der Waals surface area contributed by atoms with Crippen LogP contribution in [-0.2, 0) is 9.53 Å². The molecular weight excluding hydrogens is 469 g/mol. The molecule has 2 amide bonds. The predicted octanol–water partition coefficient (Wildman–Crippen LogP) is 4.36. The van der Waals surface area contributed by atoms with Gasteiger partial charge in [-0.25, -0.2) is 9.40 Å². The molecule has 0 radical (unpaired) electrons. The number of halogens is 1. The molecule has 7 nitrogen and oxygen atoms in total. The number of ether oxygens (including phenoxy) is 2. The Morgan fingerprint density at radius 2 is 1.89 bits per heavy atom. The lowest BCUT2D eigenvalue weighted by Crippen LogP contribution is -2.42. The van der Waals surface area contributed by atoms with E-state index in [1.807, 2.05) is 29.6 Å². The fraction of sp³-hybridized carbons (Fsp3) is 0.269. The Balaban J connectivity index is 1.67. The summed E-state index contributed by atoms with van der Waals surface area (Å²) in [5.41, 5.74) is 1.56. The van der Waals surface area contributed by atoms with Gasteiger partial charge in [-0.15, -0.1) is 11.3 Å². The van der Waals surface area contributed by atoms with Crippen LogP contribution < -0.4 is 4.74 Å². The summed E-state index contributed by atoms with van der Waals surface area (Å²) in [6.07, 6.45) is 0.310. The average molecular weight is 496 g/mol. The van der Waals surface area contributed by atoms with Crippen molar-refractivity contribution in [3.63, 3.8) is 0 Å². The van der Waals surface area contributed by atoms with Crippen molar-refractivity contribution in [2.24, 2.45) is 5.10 Å².